The van der Waals surface area contributed by atoms with Crippen molar-refractivity contribution in [1.82, 2.24) is 5.32 Å². The van der Waals surface area contributed by atoms with E-state index < -0.39 is 5.60 Å². The fourth-order valence-corrected chi connectivity index (χ4v) is 1.82. The predicted octanol–water partition coefficient (Wildman–Crippen LogP) is 1.74. The summed E-state index contributed by atoms with van der Waals surface area (Å²) in [7, 11) is 3.45. The second-order valence-corrected chi connectivity index (χ2v) is 4.44. The summed E-state index contributed by atoms with van der Waals surface area (Å²) in [6.45, 7) is 6.35. The maximum Gasteiger partial charge on any atom is 0.125 e. The molecule has 0 aromatic heterocycles. The number of benzene rings is 1. The zero-order valence-electron chi connectivity index (χ0n) is 10.7. The van der Waals surface area contributed by atoms with Crippen molar-refractivity contribution in [3.8, 4) is 5.75 Å². The molecule has 0 amide bonds. The van der Waals surface area contributed by atoms with Gasteiger partial charge >= 0.3 is 0 Å². The first-order chi connectivity index (χ1) is 7.42. The van der Waals surface area contributed by atoms with Crippen LogP contribution in [0.4, 0.5) is 0 Å². The van der Waals surface area contributed by atoms with E-state index in [9.17, 15) is 5.11 Å². The van der Waals surface area contributed by atoms with Gasteiger partial charge in [-0.15, -0.1) is 0 Å². The smallest absolute Gasteiger partial charge is 0.125 e. The van der Waals surface area contributed by atoms with Crippen LogP contribution in [0.2, 0.25) is 0 Å². The summed E-state index contributed by atoms with van der Waals surface area (Å²) in [6, 6.07) is 3.96. The highest BCUT2D eigenvalue weighted by Gasteiger charge is 2.26. The van der Waals surface area contributed by atoms with Gasteiger partial charge in [0.05, 0.1) is 7.11 Å². The van der Waals surface area contributed by atoms with Crippen LogP contribution in [0.3, 0.4) is 0 Å². The molecular weight excluding hydrogens is 202 g/mol. The molecule has 0 saturated carbocycles. The normalized spacial score (nSPS) is 14.6. The molecule has 1 aromatic carbocycles. The monoisotopic (exact) mass is 223 g/mol. The van der Waals surface area contributed by atoms with Crippen LogP contribution in [0.5, 0.6) is 5.75 Å². The molecule has 16 heavy (non-hydrogen) atoms. The Hall–Kier alpha value is -1.06. The second-order valence-electron chi connectivity index (χ2n) is 4.44. The summed E-state index contributed by atoms with van der Waals surface area (Å²) in [6.07, 6.45) is 0. The van der Waals surface area contributed by atoms with Crippen LogP contribution in [0.15, 0.2) is 12.1 Å². The number of nitrogens with one attached hydrogen (secondary N) is 1. The minimum absolute atomic E-state index is 0.492. The summed E-state index contributed by atoms with van der Waals surface area (Å²) >= 11 is 0. The van der Waals surface area contributed by atoms with Crippen LogP contribution in [0.25, 0.3) is 0 Å². The lowest BCUT2D eigenvalue weighted by Gasteiger charge is -2.26. The maximum absolute atomic E-state index is 10.4. The van der Waals surface area contributed by atoms with E-state index in [0.717, 1.165) is 16.9 Å². The first-order valence-electron chi connectivity index (χ1n) is 5.45. The van der Waals surface area contributed by atoms with Gasteiger partial charge in [0.15, 0.2) is 0 Å². The molecule has 0 aliphatic heterocycles. The van der Waals surface area contributed by atoms with E-state index in [-0.39, 0.29) is 0 Å². The average Bonchev–Trinajstić information content (AvgIpc) is 2.21. The van der Waals surface area contributed by atoms with E-state index in [1.165, 1.54) is 5.56 Å². The summed E-state index contributed by atoms with van der Waals surface area (Å²) in [4.78, 5) is 0. The Labute approximate surface area is 97.4 Å². The zero-order valence-corrected chi connectivity index (χ0v) is 10.7. The fraction of sp³-hybridized carbons (Fsp3) is 0.538. The van der Waals surface area contributed by atoms with Gasteiger partial charge in [-0.2, -0.15) is 0 Å². The van der Waals surface area contributed by atoms with E-state index in [2.05, 4.69) is 5.32 Å². The Morgan fingerprint density at radius 3 is 2.38 bits per heavy atom. The number of likely N-dealkylation sites (N-methyl/N-ethyl adjacent to an activating group) is 1. The summed E-state index contributed by atoms with van der Waals surface area (Å²) in [5.41, 5.74) is 2.24. The van der Waals surface area contributed by atoms with Crippen LogP contribution in [-0.4, -0.2) is 25.8 Å². The van der Waals surface area contributed by atoms with Crippen LogP contribution in [0, 0.1) is 13.8 Å². The van der Waals surface area contributed by atoms with Crippen molar-refractivity contribution < 1.29 is 9.84 Å². The molecule has 1 atom stereocenters. The minimum Gasteiger partial charge on any atom is -0.496 e. The molecule has 1 rings (SSSR count). The van der Waals surface area contributed by atoms with Crippen molar-refractivity contribution >= 4 is 0 Å². The zero-order chi connectivity index (χ0) is 12.3. The number of aryl methyl sites for hydroxylation is 2. The van der Waals surface area contributed by atoms with Crippen LogP contribution in [0.1, 0.15) is 23.6 Å². The summed E-state index contributed by atoms with van der Waals surface area (Å²) in [5, 5.41) is 13.4. The number of methoxy groups -OCH3 is 1. The Kier molecular flexibility index (Phi) is 3.94. The lowest BCUT2D eigenvalue weighted by molar-refractivity contribution is 0.0564. The van der Waals surface area contributed by atoms with E-state index in [0.29, 0.717) is 6.54 Å². The van der Waals surface area contributed by atoms with Crippen LogP contribution >= 0.6 is 0 Å². The number of ether oxygens (including phenoxy) is 1. The van der Waals surface area contributed by atoms with Crippen molar-refractivity contribution in [3.63, 3.8) is 0 Å². The van der Waals surface area contributed by atoms with Gasteiger partial charge in [0.1, 0.15) is 11.4 Å². The Morgan fingerprint density at radius 2 is 1.88 bits per heavy atom. The largest absolute Gasteiger partial charge is 0.496 e. The first-order valence-corrected chi connectivity index (χ1v) is 5.45. The van der Waals surface area contributed by atoms with Crippen molar-refractivity contribution in [2.24, 2.45) is 0 Å². The molecule has 1 unspecified atom stereocenters. The molecule has 0 saturated heterocycles. The first kappa shape index (κ1) is 13.0. The number of rotatable bonds is 4. The van der Waals surface area contributed by atoms with Crippen LogP contribution < -0.4 is 10.1 Å². The molecule has 90 valence electrons. The maximum atomic E-state index is 10.4. The SMILES string of the molecule is CNCC(C)(O)c1cc(C)c(C)cc1OC. The van der Waals surface area contributed by atoms with Gasteiger partial charge in [-0.25, -0.2) is 0 Å². The molecule has 3 heteroatoms. The van der Waals surface area contributed by atoms with Gasteiger partial charge in [-0.1, -0.05) is 0 Å². The molecule has 0 aliphatic rings. The average molecular weight is 223 g/mol. The lowest BCUT2D eigenvalue weighted by atomic mass is 9.92. The second kappa shape index (κ2) is 4.85. The molecule has 0 bridgehead atoms. The Morgan fingerprint density at radius 1 is 1.31 bits per heavy atom. The fourth-order valence-electron chi connectivity index (χ4n) is 1.82. The summed E-state index contributed by atoms with van der Waals surface area (Å²) in [5.74, 6) is 0.739. The van der Waals surface area contributed by atoms with E-state index in [4.69, 9.17) is 4.74 Å². The molecule has 0 aliphatic carbocycles. The lowest BCUT2D eigenvalue weighted by Crippen LogP contribution is -2.34. The van der Waals surface area contributed by atoms with Crippen molar-refractivity contribution in [3.05, 3.63) is 28.8 Å². The Bertz CT molecular complexity index is 372. The van der Waals surface area contributed by atoms with Crippen molar-refractivity contribution in [2.45, 2.75) is 26.4 Å². The third-order valence-electron chi connectivity index (χ3n) is 2.92. The highest BCUT2D eigenvalue weighted by Crippen LogP contribution is 2.31. The molecule has 1 aromatic rings. The molecule has 3 nitrogen and oxygen atoms in total. The van der Waals surface area contributed by atoms with Crippen molar-refractivity contribution in [2.75, 3.05) is 20.7 Å². The third-order valence-corrected chi connectivity index (χ3v) is 2.92. The summed E-state index contributed by atoms with van der Waals surface area (Å²) < 4.78 is 5.33. The highest BCUT2D eigenvalue weighted by molar-refractivity contribution is 5.44. The molecule has 0 radical (unpaired) electrons. The van der Waals surface area contributed by atoms with Gasteiger partial charge in [0.2, 0.25) is 0 Å². The van der Waals surface area contributed by atoms with Crippen molar-refractivity contribution in [1.29, 1.82) is 0 Å². The highest BCUT2D eigenvalue weighted by atomic mass is 16.5. The third kappa shape index (κ3) is 2.54. The molecule has 0 fully saturated rings. The number of hydrogen-bond acceptors (Lipinski definition) is 3. The topological polar surface area (TPSA) is 41.5 Å². The number of hydrogen-bond donors (Lipinski definition) is 2. The molecule has 2 N–H and O–H groups in total. The molecule has 0 spiro atoms. The van der Waals surface area contributed by atoms with E-state index >= 15 is 0 Å². The van der Waals surface area contributed by atoms with Gasteiger partial charge < -0.3 is 15.2 Å². The standard InChI is InChI=1S/C13H21NO2/c1-9-6-11(13(3,15)8-14-4)12(16-5)7-10(9)2/h6-7,14-15H,8H2,1-5H3. The minimum atomic E-state index is -0.918. The predicted molar refractivity (Wildman–Crippen MR) is 66.0 cm³/mol. The quantitative estimate of drug-likeness (QED) is 0.817. The van der Waals surface area contributed by atoms with Gasteiger partial charge in [0.25, 0.3) is 0 Å². The van der Waals surface area contributed by atoms with Crippen LogP contribution in [-0.2, 0) is 5.60 Å². The molecule has 0 heterocycles. The number of aliphatic hydroxyl groups is 1. The Balaban J connectivity index is 3.26. The van der Waals surface area contributed by atoms with Gasteiger partial charge in [-0.05, 0) is 51.1 Å². The van der Waals surface area contributed by atoms with E-state index in [1.54, 1.807) is 14.0 Å². The van der Waals surface area contributed by atoms with Gasteiger partial charge in [-0.3, -0.25) is 0 Å². The van der Waals surface area contributed by atoms with Gasteiger partial charge in [0, 0.05) is 12.1 Å². The molecular formula is C13H21NO2. The van der Waals surface area contributed by atoms with E-state index in [1.807, 2.05) is 33.0 Å².